The van der Waals surface area contributed by atoms with Gasteiger partial charge in [0.15, 0.2) is 0 Å². The number of aryl methyl sites for hydroxylation is 2. The van der Waals surface area contributed by atoms with Crippen molar-refractivity contribution in [1.29, 1.82) is 0 Å². The van der Waals surface area contributed by atoms with Crippen LogP contribution < -0.4 is 0 Å². The monoisotopic (exact) mass is 352 g/mol. The molecule has 1 saturated heterocycles. The van der Waals surface area contributed by atoms with Crippen LogP contribution in [0.2, 0.25) is 5.15 Å². The van der Waals surface area contributed by atoms with E-state index in [1.807, 2.05) is 24.7 Å². The van der Waals surface area contributed by atoms with E-state index in [-0.39, 0.29) is 12.1 Å². The standard InChI is InChI=1S/C15H21ClN6O2/c1-4-24-15(23)21-7-5-11(6-8-21)22-9-12(17-19-22)13-10(2)18-20(3)14(13)16/h9,11H,4-8H2,1-3H3. The lowest BCUT2D eigenvalue weighted by Crippen LogP contribution is -2.39. The van der Waals surface area contributed by atoms with E-state index in [9.17, 15) is 4.79 Å². The first-order valence-corrected chi connectivity index (χ1v) is 8.42. The summed E-state index contributed by atoms with van der Waals surface area (Å²) in [5, 5.41) is 13.4. The van der Waals surface area contributed by atoms with Gasteiger partial charge in [0.05, 0.1) is 30.1 Å². The van der Waals surface area contributed by atoms with Crippen LogP contribution in [0.15, 0.2) is 6.20 Å². The smallest absolute Gasteiger partial charge is 0.409 e. The molecule has 1 aliphatic rings. The molecule has 1 aliphatic heterocycles. The number of carbonyl (C=O) groups excluding carboxylic acids is 1. The molecule has 0 aliphatic carbocycles. The molecule has 2 aromatic rings. The number of ether oxygens (including phenoxy) is 1. The van der Waals surface area contributed by atoms with Crippen molar-refractivity contribution in [2.24, 2.45) is 7.05 Å². The Labute approximate surface area is 145 Å². The van der Waals surface area contributed by atoms with Gasteiger partial charge in [-0.25, -0.2) is 9.48 Å². The van der Waals surface area contributed by atoms with E-state index >= 15 is 0 Å². The zero-order valence-electron chi connectivity index (χ0n) is 14.1. The van der Waals surface area contributed by atoms with Gasteiger partial charge in [-0.05, 0) is 26.7 Å². The van der Waals surface area contributed by atoms with Gasteiger partial charge >= 0.3 is 6.09 Å². The fraction of sp³-hybridized carbons (Fsp3) is 0.600. The summed E-state index contributed by atoms with van der Waals surface area (Å²) in [4.78, 5) is 13.5. The third kappa shape index (κ3) is 3.10. The van der Waals surface area contributed by atoms with Gasteiger partial charge in [0.25, 0.3) is 0 Å². The molecule has 24 heavy (non-hydrogen) atoms. The molecule has 1 amide bonds. The second-order valence-corrected chi connectivity index (χ2v) is 6.23. The number of aromatic nitrogens is 5. The molecule has 0 radical (unpaired) electrons. The number of amides is 1. The number of likely N-dealkylation sites (tertiary alicyclic amines) is 1. The van der Waals surface area contributed by atoms with Crippen molar-refractivity contribution >= 4 is 17.7 Å². The highest BCUT2D eigenvalue weighted by molar-refractivity contribution is 6.32. The summed E-state index contributed by atoms with van der Waals surface area (Å²) in [5.41, 5.74) is 2.36. The molecular formula is C15H21ClN6O2. The number of hydrogen-bond acceptors (Lipinski definition) is 5. The van der Waals surface area contributed by atoms with Crippen LogP contribution in [0, 0.1) is 6.92 Å². The van der Waals surface area contributed by atoms with E-state index in [4.69, 9.17) is 16.3 Å². The van der Waals surface area contributed by atoms with Crippen molar-refractivity contribution in [3.8, 4) is 11.3 Å². The Kier molecular flexibility index (Phi) is 4.75. The lowest BCUT2D eigenvalue weighted by atomic mass is 10.1. The van der Waals surface area contributed by atoms with Crippen LogP contribution in [-0.2, 0) is 11.8 Å². The summed E-state index contributed by atoms with van der Waals surface area (Å²) in [7, 11) is 1.80. The predicted molar refractivity (Wildman–Crippen MR) is 88.8 cm³/mol. The minimum Gasteiger partial charge on any atom is -0.450 e. The third-order valence-corrected chi connectivity index (χ3v) is 4.72. The van der Waals surface area contributed by atoms with Crippen molar-refractivity contribution in [1.82, 2.24) is 29.7 Å². The Bertz CT molecular complexity index is 732. The van der Waals surface area contributed by atoms with E-state index in [1.54, 1.807) is 16.6 Å². The zero-order valence-corrected chi connectivity index (χ0v) is 14.8. The summed E-state index contributed by atoms with van der Waals surface area (Å²) in [6.45, 7) is 5.43. The largest absolute Gasteiger partial charge is 0.450 e. The zero-order chi connectivity index (χ0) is 17.3. The number of piperidine rings is 1. The van der Waals surface area contributed by atoms with Gasteiger partial charge in [0, 0.05) is 20.1 Å². The Morgan fingerprint density at radius 1 is 1.42 bits per heavy atom. The predicted octanol–water partition coefficient (Wildman–Crippen LogP) is 2.43. The fourth-order valence-corrected chi connectivity index (χ4v) is 3.29. The second-order valence-electron chi connectivity index (χ2n) is 5.88. The highest BCUT2D eigenvalue weighted by Gasteiger charge is 2.26. The third-order valence-electron chi connectivity index (χ3n) is 4.28. The minimum absolute atomic E-state index is 0.215. The quantitative estimate of drug-likeness (QED) is 0.847. The van der Waals surface area contributed by atoms with Crippen molar-refractivity contribution in [3.05, 3.63) is 17.0 Å². The van der Waals surface area contributed by atoms with E-state index in [0.717, 1.165) is 29.8 Å². The maximum atomic E-state index is 11.8. The van der Waals surface area contributed by atoms with Crippen molar-refractivity contribution in [2.45, 2.75) is 32.7 Å². The Hall–Kier alpha value is -2.09. The molecule has 0 spiro atoms. The highest BCUT2D eigenvalue weighted by atomic mass is 35.5. The first kappa shape index (κ1) is 16.8. The van der Waals surface area contributed by atoms with Gasteiger partial charge in [-0.2, -0.15) is 5.10 Å². The fourth-order valence-electron chi connectivity index (χ4n) is 3.02. The molecule has 130 valence electrons. The molecule has 2 aromatic heterocycles. The molecule has 0 bridgehead atoms. The second kappa shape index (κ2) is 6.80. The summed E-state index contributed by atoms with van der Waals surface area (Å²) in [6, 6.07) is 0.215. The Morgan fingerprint density at radius 2 is 2.12 bits per heavy atom. The lowest BCUT2D eigenvalue weighted by Gasteiger charge is -2.30. The molecule has 0 atom stereocenters. The van der Waals surface area contributed by atoms with Crippen LogP contribution in [0.25, 0.3) is 11.3 Å². The molecule has 0 N–H and O–H groups in total. The molecule has 0 unspecified atom stereocenters. The van der Waals surface area contributed by atoms with Crippen LogP contribution in [0.5, 0.6) is 0 Å². The number of nitrogens with zero attached hydrogens (tertiary/aromatic N) is 6. The maximum absolute atomic E-state index is 11.8. The van der Waals surface area contributed by atoms with Gasteiger partial charge < -0.3 is 9.64 Å². The van der Waals surface area contributed by atoms with Gasteiger partial charge in [-0.15, -0.1) is 5.10 Å². The van der Waals surface area contributed by atoms with E-state index in [2.05, 4.69) is 15.4 Å². The van der Waals surface area contributed by atoms with Gasteiger partial charge in [-0.3, -0.25) is 4.68 Å². The average Bonchev–Trinajstić information content (AvgIpc) is 3.13. The first-order valence-electron chi connectivity index (χ1n) is 8.04. The van der Waals surface area contributed by atoms with Gasteiger partial charge in [0.1, 0.15) is 10.8 Å². The molecule has 8 nitrogen and oxygen atoms in total. The van der Waals surface area contributed by atoms with Gasteiger partial charge in [0.2, 0.25) is 0 Å². The van der Waals surface area contributed by atoms with Gasteiger partial charge in [-0.1, -0.05) is 16.8 Å². The summed E-state index contributed by atoms with van der Waals surface area (Å²) >= 11 is 6.29. The molecule has 3 rings (SSSR count). The molecule has 0 aromatic carbocycles. The summed E-state index contributed by atoms with van der Waals surface area (Å²) in [5.74, 6) is 0. The Balaban J connectivity index is 1.70. The first-order chi connectivity index (χ1) is 11.5. The van der Waals surface area contributed by atoms with E-state index in [1.165, 1.54) is 0 Å². The molecule has 0 saturated carbocycles. The molecule has 3 heterocycles. The van der Waals surface area contributed by atoms with Crippen LogP contribution in [0.4, 0.5) is 4.79 Å². The van der Waals surface area contributed by atoms with Crippen LogP contribution in [-0.4, -0.2) is 55.5 Å². The molecular weight excluding hydrogens is 332 g/mol. The van der Waals surface area contributed by atoms with E-state index in [0.29, 0.717) is 24.8 Å². The van der Waals surface area contributed by atoms with Crippen LogP contribution in [0.3, 0.4) is 0 Å². The van der Waals surface area contributed by atoms with E-state index < -0.39 is 0 Å². The summed E-state index contributed by atoms with van der Waals surface area (Å²) < 4.78 is 8.53. The number of carbonyl (C=O) groups is 1. The minimum atomic E-state index is -0.243. The number of rotatable bonds is 3. The number of halogens is 1. The molecule has 1 fully saturated rings. The maximum Gasteiger partial charge on any atom is 0.409 e. The van der Waals surface area contributed by atoms with Crippen molar-refractivity contribution < 1.29 is 9.53 Å². The summed E-state index contributed by atoms with van der Waals surface area (Å²) in [6.07, 6.45) is 3.30. The molecule has 9 heteroatoms. The Morgan fingerprint density at radius 3 is 2.71 bits per heavy atom. The average molecular weight is 353 g/mol. The van der Waals surface area contributed by atoms with Crippen molar-refractivity contribution in [2.75, 3.05) is 19.7 Å². The normalized spacial score (nSPS) is 15.8. The SMILES string of the molecule is CCOC(=O)N1CCC(n2cc(-c3c(C)nn(C)c3Cl)nn2)CC1. The number of hydrogen-bond donors (Lipinski definition) is 0. The van der Waals surface area contributed by atoms with Crippen molar-refractivity contribution in [3.63, 3.8) is 0 Å². The lowest BCUT2D eigenvalue weighted by molar-refractivity contribution is 0.0914. The topological polar surface area (TPSA) is 78.1 Å². The van der Waals surface area contributed by atoms with Crippen LogP contribution >= 0.6 is 11.6 Å². The highest BCUT2D eigenvalue weighted by Crippen LogP contribution is 2.30. The van der Waals surface area contributed by atoms with Crippen LogP contribution in [0.1, 0.15) is 31.5 Å².